The molecule has 0 spiro atoms. The van der Waals surface area contributed by atoms with Crippen LogP contribution >= 0.6 is 0 Å². The summed E-state index contributed by atoms with van der Waals surface area (Å²) in [5.41, 5.74) is 7.68. The SMILES string of the molecule is Cc1cccc(OCC(=O)Nc2cccn3cc(-c4ccc(-c5ccccc5)cc4)nc23)c1C. The second-order valence-electron chi connectivity index (χ2n) is 8.26. The van der Waals surface area contributed by atoms with Crippen LogP contribution in [0.2, 0.25) is 0 Å². The number of carbonyl (C=O) groups excluding carboxylic acids is 1. The first-order valence-corrected chi connectivity index (χ1v) is 11.2. The zero-order valence-electron chi connectivity index (χ0n) is 19.2. The number of ether oxygens (including phenoxy) is 1. The molecule has 1 amide bonds. The van der Waals surface area contributed by atoms with Crippen molar-refractivity contribution in [3.8, 4) is 28.1 Å². The Hall–Kier alpha value is -4.38. The molecular weight excluding hydrogens is 422 g/mol. The molecule has 2 aromatic heterocycles. The van der Waals surface area contributed by atoms with Crippen LogP contribution in [-0.2, 0) is 4.79 Å². The van der Waals surface area contributed by atoms with Crippen molar-refractivity contribution in [3.05, 3.63) is 108 Å². The molecule has 0 saturated carbocycles. The van der Waals surface area contributed by atoms with Crippen molar-refractivity contribution in [2.75, 3.05) is 11.9 Å². The van der Waals surface area contributed by atoms with E-state index in [9.17, 15) is 4.79 Å². The predicted octanol–water partition coefficient (Wildman–Crippen LogP) is 6.30. The van der Waals surface area contributed by atoms with E-state index in [0.717, 1.165) is 33.7 Å². The minimum atomic E-state index is -0.231. The Bertz CT molecular complexity index is 1450. The number of amides is 1. The van der Waals surface area contributed by atoms with E-state index in [1.807, 2.05) is 79.2 Å². The Morgan fingerprint density at radius 3 is 2.38 bits per heavy atom. The first kappa shape index (κ1) is 21.5. The van der Waals surface area contributed by atoms with Crippen molar-refractivity contribution < 1.29 is 9.53 Å². The van der Waals surface area contributed by atoms with E-state index in [0.29, 0.717) is 11.3 Å². The molecule has 0 atom stereocenters. The maximum absolute atomic E-state index is 12.6. The van der Waals surface area contributed by atoms with Gasteiger partial charge in [-0.25, -0.2) is 4.98 Å². The lowest BCUT2D eigenvalue weighted by Gasteiger charge is -2.11. The van der Waals surface area contributed by atoms with Gasteiger partial charge in [0.05, 0.1) is 11.4 Å². The van der Waals surface area contributed by atoms with Crippen molar-refractivity contribution >= 4 is 17.2 Å². The first-order chi connectivity index (χ1) is 16.6. The van der Waals surface area contributed by atoms with E-state index in [-0.39, 0.29) is 12.5 Å². The number of aromatic nitrogens is 2. The molecule has 168 valence electrons. The molecule has 0 radical (unpaired) electrons. The second kappa shape index (κ2) is 9.24. The number of pyridine rings is 1. The van der Waals surface area contributed by atoms with E-state index in [1.54, 1.807) is 0 Å². The van der Waals surface area contributed by atoms with Gasteiger partial charge in [-0.15, -0.1) is 0 Å². The van der Waals surface area contributed by atoms with Crippen LogP contribution in [0.3, 0.4) is 0 Å². The number of hydrogen-bond acceptors (Lipinski definition) is 3. The first-order valence-electron chi connectivity index (χ1n) is 11.2. The monoisotopic (exact) mass is 447 g/mol. The quantitative estimate of drug-likeness (QED) is 0.332. The fourth-order valence-corrected chi connectivity index (χ4v) is 3.92. The number of imidazole rings is 1. The van der Waals surface area contributed by atoms with Crippen molar-refractivity contribution in [1.29, 1.82) is 0 Å². The molecule has 0 aliphatic heterocycles. The van der Waals surface area contributed by atoms with E-state index in [4.69, 9.17) is 9.72 Å². The number of carbonyl (C=O) groups is 1. The van der Waals surface area contributed by atoms with E-state index >= 15 is 0 Å². The largest absolute Gasteiger partial charge is 0.483 e. The summed E-state index contributed by atoms with van der Waals surface area (Å²) in [5.74, 6) is 0.487. The van der Waals surface area contributed by atoms with E-state index < -0.39 is 0 Å². The number of fused-ring (bicyclic) bond motifs is 1. The highest BCUT2D eigenvalue weighted by molar-refractivity contribution is 5.95. The van der Waals surface area contributed by atoms with Crippen molar-refractivity contribution in [2.45, 2.75) is 13.8 Å². The summed E-state index contributed by atoms with van der Waals surface area (Å²) in [7, 11) is 0. The van der Waals surface area contributed by atoms with Crippen LogP contribution in [0.1, 0.15) is 11.1 Å². The van der Waals surface area contributed by atoms with Gasteiger partial charge in [-0.3, -0.25) is 4.79 Å². The molecular formula is C29H25N3O2. The Kier molecular flexibility index (Phi) is 5.83. The second-order valence-corrected chi connectivity index (χ2v) is 8.26. The van der Waals surface area contributed by atoms with Crippen LogP contribution < -0.4 is 10.1 Å². The molecule has 0 fully saturated rings. The average Bonchev–Trinajstić information content (AvgIpc) is 3.31. The highest BCUT2D eigenvalue weighted by atomic mass is 16.5. The molecule has 2 heterocycles. The standard InChI is InChI=1S/C29H25N3O2/c1-20-8-6-12-27(21(20)2)34-19-28(33)30-25-11-7-17-32-18-26(31-29(25)32)24-15-13-23(14-16-24)22-9-4-3-5-10-22/h3-18H,19H2,1-2H3,(H,30,33). The smallest absolute Gasteiger partial charge is 0.262 e. The van der Waals surface area contributed by atoms with Crippen LogP contribution in [-0.4, -0.2) is 21.9 Å². The zero-order chi connectivity index (χ0) is 23.5. The topological polar surface area (TPSA) is 55.6 Å². The van der Waals surface area contributed by atoms with Crippen LogP contribution in [0.4, 0.5) is 5.69 Å². The normalized spacial score (nSPS) is 10.9. The summed E-state index contributed by atoms with van der Waals surface area (Å²) >= 11 is 0. The molecule has 5 aromatic rings. The van der Waals surface area contributed by atoms with Crippen LogP contribution in [0.25, 0.3) is 28.0 Å². The lowest BCUT2D eigenvalue weighted by atomic mass is 10.0. The number of anilines is 1. The fraction of sp³-hybridized carbons (Fsp3) is 0.103. The number of nitrogens with one attached hydrogen (secondary N) is 1. The molecule has 5 heteroatoms. The minimum Gasteiger partial charge on any atom is -0.483 e. The number of hydrogen-bond donors (Lipinski definition) is 1. The minimum absolute atomic E-state index is 0.0696. The third kappa shape index (κ3) is 4.41. The maximum atomic E-state index is 12.6. The summed E-state index contributed by atoms with van der Waals surface area (Å²) in [5, 5.41) is 2.94. The molecule has 1 N–H and O–H groups in total. The molecule has 0 aliphatic rings. The van der Waals surface area contributed by atoms with Gasteiger partial charge in [-0.1, -0.05) is 66.7 Å². The summed E-state index contributed by atoms with van der Waals surface area (Å²) in [6.07, 6.45) is 3.89. The van der Waals surface area contributed by atoms with Gasteiger partial charge in [-0.2, -0.15) is 0 Å². The highest BCUT2D eigenvalue weighted by Crippen LogP contribution is 2.26. The molecule has 0 bridgehead atoms. The third-order valence-corrected chi connectivity index (χ3v) is 5.96. The number of benzene rings is 3. The lowest BCUT2D eigenvalue weighted by molar-refractivity contribution is -0.118. The van der Waals surface area contributed by atoms with Gasteiger partial charge >= 0.3 is 0 Å². The van der Waals surface area contributed by atoms with Gasteiger partial charge in [-0.05, 0) is 54.3 Å². The molecule has 5 rings (SSSR count). The Morgan fingerprint density at radius 2 is 1.59 bits per heavy atom. The molecule has 0 saturated heterocycles. The van der Waals surface area contributed by atoms with E-state index in [1.165, 1.54) is 5.56 Å². The number of nitrogens with zero attached hydrogens (tertiary/aromatic N) is 2. The summed E-state index contributed by atoms with van der Waals surface area (Å²) in [4.78, 5) is 17.4. The molecule has 34 heavy (non-hydrogen) atoms. The molecule has 5 nitrogen and oxygen atoms in total. The van der Waals surface area contributed by atoms with Gasteiger partial charge in [0.2, 0.25) is 0 Å². The highest BCUT2D eigenvalue weighted by Gasteiger charge is 2.12. The van der Waals surface area contributed by atoms with Crippen molar-refractivity contribution in [3.63, 3.8) is 0 Å². The number of aryl methyl sites for hydroxylation is 1. The lowest BCUT2D eigenvalue weighted by Crippen LogP contribution is -2.20. The average molecular weight is 448 g/mol. The zero-order valence-corrected chi connectivity index (χ0v) is 19.2. The van der Waals surface area contributed by atoms with Gasteiger partial charge < -0.3 is 14.5 Å². The molecule has 3 aromatic carbocycles. The number of rotatable bonds is 6. The molecule has 0 unspecified atom stereocenters. The third-order valence-electron chi connectivity index (χ3n) is 5.96. The van der Waals surface area contributed by atoms with Gasteiger partial charge in [0.1, 0.15) is 5.75 Å². The Morgan fingerprint density at radius 1 is 0.853 bits per heavy atom. The van der Waals surface area contributed by atoms with Crippen LogP contribution in [0, 0.1) is 13.8 Å². The van der Waals surface area contributed by atoms with Crippen molar-refractivity contribution in [2.24, 2.45) is 0 Å². The molecule has 0 aliphatic carbocycles. The predicted molar refractivity (Wildman–Crippen MR) is 136 cm³/mol. The van der Waals surface area contributed by atoms with Crippen LogP contribution in [0.5, 0.6) is 5.75 Å². The van der Waals surface area contributed by atoms with E-state index in [2.05, 4.69) is 41.7 Å². The Balaban J connectivity index is 1.33. The Labute approximate surface area is 198 Å². The maximum Gasteiger partial charge on any atom is 0.262 e. The van der Waals surface area contributed by atoms with Crippen LogP contribution in [0.15, 0.2) is 97.3 Å². The summed E-state index contributed by atoms with van der Waals surface area (Å²) in [6.45, 7) is 3.94. The summed E-state index contributed by atoms with van der Waals surface area (Å²) < 4.78 is 7.66. The van der Waals surface area contributed by atoms with Gasteiger partial charge in [0.15, 0.2) is 12.3 Å². The van der Waals surface area contributed by atoms with Gasteiger partial charge in [0, 0.05) is 18.0 Å². The fourth-order valence-electron chi connectivity index (χ4n) is 3.92. The van der Waals surface area contributed by atoms with Crippen molar-refractivity contribution in [1.82, 2.24) is 9.38 Å². The van der Waals surface area contributed by atoms with Gasteiger partial charge in [0.25, 0.3) is 5.91 Å². The summed E-state index contributed by atoms with van der Waals surface area (Å²) in [6, 6.07) is 28.2.